The molecule has 7 rings (SSSR count). The number of fused-ring (bicyclic) bond motifs is 9. The molecule has 6 aromatic rings. The first kappa shape index (κ1) is 16.0. The van der Waals surface area contributed by atoms with Crippen molar-refractivity contribution in [2.24, 2.45) is 0 Å². The molecule has 1 heteroatoms. The summed E-state index contributed by atoms with van der Waals surface area (Å²) in [6.07, 6.45) is 0.993. The third kappa shape index (κ3) is 2.07. The van der Waals surface area contributed by atoms with E-state index in [1.165, 1.54) is 54.9 Å². The Balaban J connectivity index is 1.69. The topological polar surface area (TPSA) is 13.1 Å². The van der Waals surface area contributed by atoms with Gasteiger partial charge in [-0.1, -0.05) is 84.9 Å². The summed E-state index contributed by atoms with van der Waals surface area (Å²) in [4.78, 5) is 0. The van der Waals surface area contributed by atoms with Gasteiger partial charge < -0.3 is 4.42 Å². The van der Waals surface area contributed by atoms with E-state index in [1.54, 1.807) is 0 Å². The van der Waals surface area contributed by atoms with Crippen molar-refractivity contribution in [3.63, 3.8) is 0 Å². The Hall–Kier alpha value is -3.84. The second-order valence-corrected chi connectivity index (χ2v) is 8.12. The molecule has 1 aliphatic carbocycles. The molecule has 0 radical (unpaired) electrons. The minimum absolute atomic E-state index is 0.968. The van der Waals surface area contributed by atoms with Gasteiger partial charge in [-0.15, -0.1) is 0 Å². The van der Waals surface area contributed by atoms with Crippen LogP contribution < -0.4 is 0 Å². The molecule has 0 amide bonds. The van der Waals surface area contributed by atoms with Gasteiger partial charge in [-0.25, -0.2) is 0 Å². The highest BCUT2D eigenvalue weighted by Gasteiger charge is 2.24. The first-order chi connectivity index (χ1) is 14.9. The van der Waals surface area contributed by atoms with Crippen molar-refractivity contribution in [1.29, 1.82) is 0 Å². The number of hydrogen-bond acceptors (Lipinski definition) is 1. The van der Waals surface area contributed by atoms with E-state index in [2.05, 4.69) is 97.1 Å². The van der Waals surface area contributed by atoms with Gasteiger partial charge in [0.05, 0.1) is 0 Å². The second kappa shape index (κ2) is 5.84. The summed E-state index contributed by atoms with van der Waals surface area (Å²) in [5.74, 6) is 0. The molecule has 0 fully saturated rings. The van der Waals surface area contributed by atoms with Crippen LogP contribution in [0.2, 0.25) is 0 Å². The van der Waals surface area contributed by atoms with Gasteiger partial charge in [0, 0.05) is 16.2 Å². The highest BCUT2D eigenvalue weighted by molar-refractivity contribution is 6.22. The summed E-state index contributed by atoms with van der Waals surface area (Å²) in [7, 11) is 0. The monoisotopic (exact) mass is 382 g/mol. The van der Waals surface area contributed by atoms with Crippen LogP contribution in [0.25, 0.3) is 55.0 Å². The lowest BCUT2D eigenvalue weighted by Gasteiger charge is -2.09. The highest BCUT2D eigenvalue weighted by atomic mass is 16.3. The van der Waals surface area contributed by atoms with Gasteiger partial charge in [0.15, 0.2) is 0 Å². The number of rotatable bonds is 1. The summed E-state index contributed by atoms with van der Waals surface area (Å²) in [6, 6.07) is 34.7. The third-order valence-electron chi connectivity index (χ3n) is 6.48. The van der Waals surface area contributed by atoms with Crippen molar-refractivity contribution < 1.29 is 4.42 Å². The second-order valence-electron chi connectivity index (χ2n) is 8.12. The molecule has 1 nitrogen and oxygen atoms in total. The fourth-order valence-electron chi connectivity index (χ4n) is 5.17. The summed E-state index contributed by atoms with van der Waals surface area (Å²) in [5.41, 5.74) is 9.92. The Morgan fingerprint density at radius 3 is 2.23 bits per heavy atom. The molecule has 5 aromatic carbocycles. The van der Waals surface area contributed by atoms with Gasteiger partial charge in [0.2, 0.25) is 0 Å². The van der Waals surface area contributed by atoms with Crippen LogP contribution in [-0.2, 0) is 6.42 Å². The van der Waals surface area contributed by atoms with Gasteiger partial charge in [0.25, 0.3) is 0 Å². The zero-order valence-corrected chi connectivity index (χ0v) is 16.4. The van der Waals surface area contributed by atoms with Gasteiger partial charge in [-0.2, -0.15) is 0 Å². The molecule has 0 unspecified atom stereocenters. The summed E-state index contributed by atoms with van der Waals surface area (Å²) >= 11 is 0. The Bertz CT molecular complexity index is 1600. The minimum atomic E-state index is 0.968. The Morgan fingerprint density at radius 1 is 0.567 bits per heavy atom. The molecule has 0 spiro atoms. The quantitative estimate of drug-likeness (QED) is 0.280. The lowest BCUT2D eigenvalue weighted by molar-refractivity contribution is 0.672. The Labute approximate surface area is 174 Å². The highest BCUT2D eigenvalue weighted by Crippen LogP contribution is 2.47. The fraction of sp³-hybridized carbons (Fsp3) is 0.0345. The van der Waals surface area contributed by atoms with E-state index < -0.39 is 0 Å². The van der Waals surface area contributed by atoms with Crippen LogP contribution in [-0.4, -0.2) is 0 Å². The van der Waals surface area contributed by atoms with E-state index in [0.717, 1.165) is 17.6 Å². The Kier molecular flexibility index (Phi) is 3.12. The summed E-state index contributed by atoms with van der Waals surface area (Å²) in [6.45, 7) is 0. The molecule has 0 atom stereocenters. The van der Waals surface area contributed by atoms with Crippen molar-refractivity contribution in [2.75, 3.05) is 0 Å². The SMILES string of the molecule is c1ccc(-c2cc3c(oc4ccc5c(c43)-c3ccccc3C5)c3ccccc23)cc1. The number of furan rings is 1. The summed E-state index contributed by atoms with van der Waals surface area (Å²) in [5, 5.41) is 4.85. The molecule has 0 saturated carbocycles. The van der Waals surface area contributed by atoms with Crippen molar-refractivity contribution in [3.05, 3.63) is 108 Å². The van der Waals surface area contributed by atoms with Crippen LogP contribution >= 0.6 is 0 Å². The van der Waals surface area contributed by atoms with Crippen molar-refractivity contribution >= 4 is 32.7 Å². The van der Waals surface area contributed by atoms with E-state index in [1.807, 2.05) is 0 Å². The maximum atomic E-state index is 6.50. The molecule has 1 aromatic heterocycles. The number of benzene rings is 5. The van der Waals surface area contributed by atoms with Gasteiger partial charge >= 0.3 is 0 Å². The van der Waals surface area contributed by atoms with Crippen molar-refractivity contribution in [2.45, 2.75) is 6.42 Å². The predicted octanol–water partition coefficient (Wildman–Crippen LogP) is 7.98. The first-order valence-electron chi connectivity index (χ1n) is 10.4. The zero-order chi connectivity index (χ0) is 19.7. The molecule has 140 valence electrons. The van der Waals surface area contributed by atoms with E-state index in [9.17, 15) is 0 Å². The van der Waals surface area contributed by atoms with Crippen molar-refractivity contribution in [3.8, 4) is 22.3 Å². The van der Waals surface area contributed by atoms with Crippen LogP contribution in [0.4, 0.5) is 0 Å². The fourth-order valence-corrected chi connectivity index (χ4v) is 5.17. The molecule has 1 heterocycles. The zero-order valence-electron chi connectivity index (χ0n) is 16.4. The molecule has 0 saturated heterocycles. The predicted molar refractivity (Wildman–Crippen MR) is 125 cm³/mol. The molecule has 30 heavy (non-hydrogen) atoms. The third-order valence-corrected chi connectivity index (χ3v) is 6.48. The average molecular weight is 382 g/mol. The van der Waals surface area contributed by atoms with Crippen molar-refractivity contribution in [1.82, 2.24) is 0 Å². The van der Waals surface area contributed by atoms with Gasteiger partial charge in [-0.3, -0.25) is 0 Å². The minimum Gasteiger partial charge on any atom is -0.455 e. The van der Waals surface area contributed by atoms with Crippen LogP contribution in [0.3, 0.4) is 0 Å². The van der Waals surface area contributed by atoms with Gasteiger partial charge in [-0.05, 0) is 57.3 Å². The van der Waals surface area contributed by atoms with E-state index in [-0.39, 0.29) is 0 Å². The smallest absolute Gasteiger partial charge is 0.143 e. The lowest BCUT2D eigenvalue weighted by Crippen LogP contribution is -1.84. The van der Waals surface area contributed by atoms with E-state index >= 15 is 0 Å². The molecule has 0 N–H and O–H groups in total. The molecule has 0 bridgehead atoms. The molecular formula is C29H18O. The summed E-state index contributed by atoms with van der Waals surface area (Å²) < 4.78 is 6.50. The standard InChI is InChI=1S/C29H18O/c1-2-8-18(9-3-1)24-17-25-28-26(30-29(25)23-13-7-6-12-22(23)24)15-14-20-16-19-10-4-5-11-21(19)27(20)28/h1-15,17H,16H2. The van der Waals surface area contributed by atoms with Crippen LogP contribution in [0.5, 0.6) is 0 Å². The maximum Gasteiger partial charge on any atom is 0.143 e. The van der Waals surface area contributed by atoms with Crippen LogP contribution in [0.15, 0.2) is 101 Å². The Morgan fingerprint density at radius 2 is 1.33 bits per heavy atom. The molecular weight excluding hydrogens is 364 g/mol. The van der Waals surface area contributed by atoms with E-state index in [4.69, 9.17) is 4.42 Å². The molecule has 0 aliphatic heterocycles. The number of hydrogen-bond donors (Lipinski definition) is 0. The van der Waals surface area contributed by atoms with Crippen LogP contribution in [0, 0.1) is 0 Å². The van der Waals surface area contributed by atoms with E-state index in [0.29, 0.717) is 0 Å². The maximum absolute atomic E-state index is 6.50. The largest absolute Gasteiger partial charge is 0.455 e. The first-order valence-corrected chi connectivity index (χ1v) is 10.4. The molecule has 1 aliphatic rings. The van der Waals surface area contributed by atoms with Crippen LogP contribution in [0.1, 0.15) is 11.1 Å². The normalized spacial score (nSPS) is 12.5. The average Bonchev–Trinajstić information content (AvgIpc) is 3.37. The van der Waals surface area contributed by atoms with Gasteiger partial charge in [0.1, 0.15) is 11.2 Å². The lowest BCUT2D eigenvalue weighted by atomic mass is 9.93.